The van der Waals surface area contributed by atoms with Crippen LogP contribution in [0.4, 0.5) is 23.3 Å². The summed E-state index contributed by atoms with van der Waals surface area (Å²) >= 11 is 0. The molecule has 3 heterocycles. The molecule has 0 saturated carbocycles. The Bertz CT molecular complexity index is 627. The molecule has 0 spiro atoms. The van der Waals surface area contributed by atoms with E-state index in [2.05, 4.69) is 20.7 Å². The highest BCUT2D eigenvalue weighted by Gasteiger charge is 2.36. The van der Waals surface area contributed by atoms with E-state index < -0.39 is 0 Å². The quantitative estimate of drug-likeness (QED) is 0.717. The Kier molecular flexibility index (Phi) is 2.13. The number of benzene rings is 1. The fourth-order valence-corrected chi connectivity index (χ4v) is 2.70. The van der Waals surface area contributed by atoms with Crippen molar-refractivity contribution in [2.24, 2.45) is 0 Å². The van der Waals surface area contributed by atoms with Gasteiger partial charge >= 0.3 is 0 Å². The molecule has 19 heavy (non-hydrogen) atoms. The van der Waals surface area contributed by atoms with Gasteiger partial charge < -0.3 is 11.1 Å². The van der Waals surface area contributed by atoms with Gasteiger partial charge in [-0.15, -0.1) is 0 Å². The molecule has 4 rings (SSSR count). The van der Waals surface area contributed by atoms with Gasteiger partial charge in [0.15, 0.2) is 5.82 Å². The minimum Gasteiger partial charge on any atom is -0.369 e. The number of nitrogens with one attached hydrogen (secondary N) is 2. The first-order valence-corrected chi connectivity index (χ1v) is 6.35. The molecule has 6 nitrogen and oxygen atoms in total. The van der Waals surface area contributed by atoms with E-state index in [0.29, 0.717) is 5.95 Å². The summed E-state index contributed by atoms with van der Waals surface area (Å²) in [6, 6.07) is 10.4. The molecule has 0 fully saturated rings. The topological polar surface area (TPSA) is 79.1 Å². The molecule has 6 heteroatoms. The summed E-state index contributed by atoms with van der Waals surface area (Å²) in [6.45, 7) is 0.892. The van der Waals surface area contributed by atoms with Crippen LogP contribution in [0.2, 0.25) is 0 Å². The molecule has 0 aliphatic carbocycles. The van der Waals surface area contributed by atoms with Gasteiger partial charge in [-0.05, 0) is 18.6 Å². The van der Waals surface area contributed by atoms with E-state index in [0.717, 1.165) is 35.9 Å². The number of rotatable bonds is 1. The van der Waals surface area contributed by atoms with Gasteiger partial charge in [0.2, 0.25) is 5.95 Å². The van der Waals surface area contributed by atoms with E-state index in [1.165, 1.54) is 0 Å². The van der Waals surface area contributed by atoms with Crippen molar-refractivity contribution >= 4 is 23.3 Å². The molecular weight excluding hydrogens is 240 g/mol. The number of nitrogens with two attached hydrogens (primary N) is 1. The number of hydrazine groups is 1. The number of hydrogen-bond donors (Lipinski definition) is 3. The number of nitrogen functional groups attached to an aromatic ring is 1. The summed E-state index contributed by atoms with van der Waals surface area (Å²) in [7, 11) is 0. The minimum absolute atomic E-state index is 0.257. The highest BCUT2D eigenvalue weighted by Crippen LogP contribution is 2.43. The molecule has 2 aliphatic rings. The fourth-order valence-electron chi connectivity index (χ4n) is 2.70. The van der Waals surface area contributed by atoms with E-state index in [4.69, 9.17) is 5.73 Å². The standard InChI is InChI=1S/C13H14N6/c14-13-16-11-10-9(6-7-15-11)18-19(12(10)17-13)8-4-2-1-3-5-8/h1-5,9,18H,6-7H2,(H3,14,15,16,17). The van der Waals surface area contributed by atoms with Gasteiger partial charge in [0, 0.05) is 6.54 Å². The summed E-state index contributed by atoms with van der Waals surface area (Å²) in [5.41, 5.74) is 11.4. The Morgan fingerprint density at radius 1 is 1.21 bits per heavy atom. The molecule has 1 aromatic heterocycles. The van der Waals surface area contributed by atoms with Crippen LogP contribution in [0.3, 0.4) is 0 Å². The fraction of sp³-hybridized carbons (Fsp3) is 0.231. The summed E-state index contributed by atoms with van der Waals surface area (Å²) in [5.74, 6) is 2.00. The van der Waals surface area contributed by atoms with E-state index in [1.807, 2.05) is 35.3 Å². The third-order valence-corrected chi connectivity index (χ3v) is 3.53. The lowest BCUT2D eigenvalue weighted by molar-refractivity contribution is 0.545. The number of nitrogens with zero attached hydrogens (tertiary/aromatic N) is 3. The lowest BCUT2D eigenvalue weighted by Gasteiger charge is -2.21. The van der Waals surface area contributed by atoms with Crippen LogP contribution in [0, 0.1) is 0 Å². The zero-order chi connectivity index (χ0) is 12.8. The van der Waals surface area contributed by atoms with Crippen LogP contribution < -0.4 is 21.5 Å². The van der Waals surface area contributed by atoms with Crippen molar-refractivity contribution < 1.29 is 0 Å². The largest absolute Gasteiger partial charge is 0.369 e. The van der Waals surface area contributed by atoms with Crippen molar-refractivity contribution in [3.63, 3.8) is 0 Å². The molecule has 1 aromatic carbocycles. The molecule has 2 aliphatic heterocycles. The molecule has 0 radical (unpaired) electrons. The van der Waals surface area contributed by atoms with Crippen LogP contribution in [0.5, 0.6) is 0 Å². The number of aromatic nitrogens is 2. The second-order valence-electron chi connectivity index (χ2n) is 4.74. The summed E-state index contributed by atoms with van der Waals surface area (Å²) in [4.78, 5) is 8.68. The predicted molar refractivity (Wildman–Crippen MR) is 74.0 cm³/mol. The molecule has 1 unspecified atom stereocenters. The first-order valence-electron chi connectivity index (χ1n) is 6.35. The van der Waals surface area contributed by atoms with E-state index in [9.17, 15) is 0 Å². The number of para-hydroxylation sites is 1. The van der Waals surface area contributed by atoms with Crippen LogP contribution in [-0.4, -0.2) is 16.5 Å². The van der Waals surface area contributed by atoms with Crippen molar-refractivity contribution in [3.05, 3.63) is 35.9 Å². The van der Waals surface area contributed by atoms with Crippen LogP contribution in [-0.2, 0) is 0 Å². The highest BCUT2D eigenvalue weighted by atomic mass is 15.6. The van der Waals surface area contributed by atoms with Crippen LogP contribution >= 0.6 is 0 Å². The molecular formula is C13H14N6. The molecule has 0 amide bonds. The maximum Gasteiger partial charge on any atom is 0.224 e. The maximum atomic E-state index is 5.80. The molecule has 4 N–H and O–H groups in total. The highest BCUT2D eigenvalue weighted by molar-refractivity contribution is 5.73. The van der Waals surface area contributed by atoms with E-state index in [1.54, 1.807) is 0 Å². The first-order chi connectivity index (χ1) is 9.33. The van der Waals surface area contributed by atoms with Crippen LogP contribution in [0.1, 0.15) is 18.0 Å². The minimum atomic E-state index is 0.257. The third-order valence-electron chi connectivity index (χ3n) is 3.53. The SMILES string of the molecule is Nc1nc2c3c(n1)N(c1ccccc1)NC3CCN2. The average molecular weight is 254 g/mol. The normalized spacial score (nSPS) is 20.0. The zero-order valence-corrected chi connectivity index (χ0v) is 10.3. The van der Waals surface area contributed by atoms with Crippen LogP contribution in [0.15, 0.2) is 30.3 Å². The summed E-state index contributed by atoms with van der Waals surface area (Å²) in [6.07, 6.45) is 1.01. The van der Waals surface area contributed by atoms with Gasteiger partial charge in [-0.3, -0.25) is 5.01 Å². The van der Waals surface area contributed by atoms with E-state index in [-0.39, 0.29) is 6.04 Å². The monoisotopic (exact) mass is 254 g/mol. The van der Waals surface area contributed by atoms with Crippen molar-refractivity contribution in [2.75, 3.05) is 22.6 Å². The third kappa shape index (κ3) is 1.53. The van der Waals surface area contributed by atoms with Gasteiger partial charge in [-0.2, -0.15) is 9.97 Å². The summed E-state index contributed by atoms with van der Waals surface area (Å²) < 4.78 is 0. The molecule has 96 valence electrons. The van der Waals surface area contributed by atoms with Gasteiger partial charge in [0.05, 0.1) is 17.3 Å². The molecule has 0 saturated heterocycles. The summed E-state index contributed by atoms with van der Waals surface area (Å²) in [5, 5.41) is 5.28. The maximum absolute atomic E-state index is 5.80. The Labute approximate surface area is 110 Å². The van der Waals surface area contributed by atoms with Gasteiger partial charge in [0.1, 0.15) is 5.82 Å². The Hall–Kier alpha value is -2.34. The number of anilines is 4. The average Bonchev–Trinajstić information content (AvgIpc) is 2.80. The first kappa shape index (κ1) is 10.6. The van der Waals surface area contributed by atoms with Gasteiger partial charge in [-0.25, -0.2) is 5.43 Å². The van der Waals surface area contributed by atoms with Crippen molar-refractivity contribution in [2.45, 2.75) is 12.5 Å². The predicted octanol–water partition coefficient (Wildman–Crippen LogP) is 1.57. The van der Waals surface area contributed by atoms with Gasteiger partial charge in [0.25, 0.3) is 0 Å². The molecule has 2 aromatic rings. The second-order valence-corrected chi connectivity index (χ2v) is 4.74. The van der Waals surface area contributed by atoms with Crippen molar-refractivity contribution in [3.8, 4) is 0 Å². The van der Waals surface area contributed by atoms with Crippen molar-refractivity contribution in [1.29, 1.82) is 0 Å². The van der Waals surface area contributed by atoms with Crippen LogP contribution in [0.25, 0.3) is 0 Å². The lowest BCUT2D eigenvalue weighted by atomic mass is 10.0. The number of hydrogen-bond acceptors (Lipinski definition) is 6. The van der Waals surface area contributed by atoms with Crippen molar-refractivity contribution in [1.82, 2.24) is 15.4 Å². The second kappa shape index (κ2) is 3.83. The Morgan fingerprint density at radius 3 is 2.89 bits per heavy atom. The van der Waals surface area contributed by atoms with E-state index >= 15 is 0 Å². The molecule has 1 atom stereocenters. The Balaban J connectivity index is 1.88. The Morgan fingerprint density at radius 2 is 2.05 bits per heavy atom. The molecule has 0 bridgehead atoms. The zero-order valence-electron chi connectivity index (χ0n) is 10.3. The van der Waals surface area contributed by atoms with Gasteiger partial charge in [-0.1, -0.05) is 18.2 Å². The lowest BCUT2D eigenvalue weighted by Crippen LogP contribution is -2.31. The smallest absolute Gasteiger partial charge is 0.224 e.